The van der Waals surface area contributed by atoms with Gasteiger partial charge in [0, 0.05) is 18.1 Å². The number of carbonyl (C=O) groups is 3. The van der Waals surface area contributed by atoms with E-state index in [0.29, 0.717) is 24.5 Å². The Morgan fingerprint density at radius 3 is 2.65 bits per heavy atom. The van der Waals surface area contributed by atoms with Crippen molar-refractivity contribution in [3.8, 4) is 5.75 Å². The first kappa shape index (κ1) is 26.1. The van der Waals surface area contributed by atoms with Gasteiger partial charge in [0.05, 0.1) is 25.7 Å². The Morgan fingerprint density at radius 2 is 1.92 bits per heavy atom. The van der Waals surface area contributed by atoms with Crippen molar-refractivity contribution in [1.82, 2.24) is 20.5 Å². The Balaban J connectivity index is 1.42. The van der Waals surface area contributed by atoms with Crippen LogP contribution in [-0.2, 0) is 27.3 Å². The third-order valence-electron chi connectivity index (χ3n) is 6.57. The molecule has 0 unspecified atom stereocenters. The summed E-state index contributed by atoms with van der Waals surface area (Å²) in [6.07, 6.45) is 3.36. The largest absolute Gasteiger partial charge is 0.497 e. The number of carboxylic acids is 1. The fourth-order valence-corrected chi connectivity index (χ4v) is 4.65. The van der Waals surface area contributed by atoms with Crippen LogP contribution in [0.25, 0.3) is 10.8 Å². The molecule has 3 aromatic rings. The predicted molar refractivity (Wildman–Crippen MR) is 139 cm³/mol. The smallest absolute Gasteiger partial charge is 0.317 e. The van der Waals surface area contributed by atoms with Crippen LogP contribution in [0.2, 0.25) is 0 Å². The van der Waals surface area contributed by atoms with Gasteiger partial charge in [-0.15, -0.1) is 0 Å². The first-order chi connectivity index (χ1) is 17.8. The molecular weight excluding hydrogens is 474 g/mol. The Labute approximate surface area is 214 Å². The number of aliphatic carboxylic acids is 1. The van der Waals surface area contributed by atoms with Crippen LogP contribution < -0.4 is 21.1 Å². The number of nitrogen functional groups attached to an aromatic ring is 1. The van der Waals surface area contributed by atoms with E-state index in [2.05, 4.69) is 20.5 Å². The van der Waals surface area contributed by atoms with Gasteiger partial charge in [-0.25, -0.2) is 4.98 Å². The van der Waals surface area contributed by atoms with Crippen molar-refractivity contribution in [2.24, 2.45) is 0 Å². The molecule has 10 heteroatoms. The number of nitrogens with two attached hydrogens (primary N) is 1. The number of hydrogen-bond acceptors (Lipinski definition) is 8. The van der Waals surface area contributed by atoms with Gasteiger partial charge in [-0.1, -0.05) is 24.3 Å². The molecule has 0 saturated carbocycles. The van der Waals surface area contributed by atoms with Crippen LogP contribution in [-0.4, -0.2) is 65.1 Å². The summed E-state index contributed by atoms with van der Waals surface area (Å²) in [5.41, 5.74) is 7.79. The molecular formula is C27H31N5O5. The molecule has 37 heavy (non-hydrogen) atoms. The lowest BCUT2D eigenvalue weighted by Gasteiger charge is -2.25. The molecule has 1 aliphatic heterocycles. The number of rotatable bonds is 10. The molecule has 194 valence electrons. The van der Waals surface area contributed by atoms with Gasteiger partial charge in [0.25, 0.3) is 0 Å². The van der Waals surface area contributed by atoms with Crippen LogP contribution >= 0.6 is 0 Å². The number of ether oxygens (including phenoxy) is 1. The topological polar surface area (TPSA) is 147 Å². The van der Waals surface area contributed by atoms with Gasteiger partial charge in [0.2, 0.25) is 11.8 Å². The number of pyridine rings is 1. The Morgan fingerprint density at radius 1 is 1.16 bits per heavy atom. The lowest BCUT2D eigenvalue weighted by atomic mass is 10.0. The fourth-order valence-electron chi connectivity index (χ4n) is 4.65. The molecule has 1 aromatic heterocycles. The second kappa shape index (κ2) is 11.8. The maximum Gasteiger partial charge on any atom is 0.317 e. The van der Waals surface area contributed by atoms with Crippen molar-refractivity contribution >= 4 is 34.4 Å². The number of carbonyl (C=O) groups excluding carboxylic acids is 2. The Hall–Kier alpha value is -4.02. The van der Waals surface area contributed by atoms with Gasteiger partial charge >= 0.3 is 5.97 Å². The van der Waals surface area contributed by atoms with E-state index in [9.17, 15) is 14.4 Å². The van der Waals surface area contributed by atoms with E-state index in [-0.39, 0.29) is 12.3 Å². The molecule has 0 spiro atoms. The minimum absolute atomic E-state index is 0.222. The molecule has 1 fully saturated rings. The van der Waals surface area contributed by atoms with Gasteiger partial charge in [-0.3, -0.25) is 29.9 Å². The number of anilines is 1. The number of fused-ring (bicyclic) bond motifs is 1. The van der Waals surface area contributed by atoms with E-state index >= 15 is 0 Å². The number of methoxy groups -OCH3 is 1. The van der Waals surface area contributed by atoms with Gasteiger partial charge in [0.1, 0.15) is 11.6 Å². The van der Waals surface area contributed by atoms with Gasteiger partial charge in [0.15, 0.2) is 0 Å². The first-order valence-electron chi connectivity index (χ1n) is 12.1. The number of hydrogen-bond donors (Lipinski definition) is 4. The number of benzene rings is 2. The molecule has 0 radical (unpaired) electrons. The normalized spacial score (nSPS) is 16.4. The molecule has 1 saturated heterocycles. The highest BCUT2D eigenvalue weighted by Crippen LogP contribution is 2.24. The highest BCUT2D eigenvalue weighted by molar-refractivity contribution is 6.00. The number of imide groups is 1. The minimum Gasteiger partial charge on any atom is -0.497 e. The van der Waals surface area contributed by atoms with Crippen LogP contribution in [0.15, 0.2) is 54.7 Å². The lowest BCUT2D eigenvalue weighted by Crippen LogP contribution is -2.52. The summed E-state index contributed by atoms with van der Waals surface area (Å²) in [5.74, 6) is -0.877. The molecule has 4 rings (SSSR count). The average molecular weight is 506 g/mol. The number of likely N-dealkylation sites (tertiary alicyclic amines) is 1. The maximum absolute atomic E-state index is 13.1. The van der Waals surface area contributed by atoms with Crippen LogP contribution in [0, 0.1) is 0 Å². The number of nitrogens with zero attached hydrogens (tertiary/aromatic N) is 2. The Bertz CT molecular complexity index is 1280. The molecule has 0 aliphatic carbocycles. The van der Waals surface area contributed by atoms with Crippen molar-refractivity contribution in [2.45, 2.75) is 37.9 Å². The second-order valence-corrected chi connectivity index (χ2v) is 9.11. The second-order valence-electron chi connectivity index (χ2n) is 9.11. The Kier molecular flexibility index (Phi) is 8.32. The van der Waals surface area contributed by atoms with Crippen molar-refractivity contribution in [3.63, 3.8) is 0 Å². The first-order valence-corrected chi connectivity index (χ1v) is 12.1. The molecule has 2 aromatic carbocycles. The van der Waals surface area contributed by atoms with Crippen molar-refractivity contribution in [3.05, 3.63) is 65.9 Å². The van der Waals surface area contributed by atoms with Crippen molar-refractivity contribution < 1.29 is 24.2 Å². The molecule has 0 bridgehead atoms. The summed E-state index contributed by atoms with van der Waals surface area (Å²) in [5, 5.41) is 16.2. The minimum atomic E-state index is -1.09. The summed E-state index contributed by atoms with van der Waals surface area (Å²) in [7, 11) is 1.56. The summed E-state index contributed by atoms with van der Waals surface area (Å²) in [4.78, 5) is 43.5. The van der Waals surface area contributed by atoms with Gasteiger partial charge < -0.3 is 15.6 Å². The number of aromatic nitrogens is 1. The molecule has 2 amide bonds. The monoisotopic (exact) mass is 505 g/mol. The van der Waals surface area contributed by atoms with Gasteiger partial charge in [-0.05, 0) is 66.6 Å². The van der Waals surface area contributed by atoms with Crippen LogP contribution in [0.5, 0.6) is 5.75 Å². The summed E-state index contributed by atoms with van der Waals surface area (Å²) in [6.45, 7) is 0.881. The summed E-state index contributed by atoms with van der Waals surface area (Å²) < 4.78 is 5.16. The van der Waals surface area contributed by atoms with Crippen molar-refractivity contribution in [2.75, 3.05) is 25.9 Å². The third kappa shape index (κ3) is 6.60. The molecule has 2 heterocycles. The standard InChI is InChI=1S/C27H31N5O5/c1-37-20-7-4-17(5-8-20)14-22(30-15-24(33)34)26(35)31-27(36)23-3-2-12-32(23)16-18-6-9-21-19(13-18)10-11-29-25(21)28/h4-11,13,22-23,30H,2-3,12,14-16H2,1H3,(H2,28,29)(H,33,34)(H,31,35,36)/t22-,23+/m1/s1. The van der Waals surface area contributed by atoms with E-state index < -0.39 is 30.5 Å². The molecule has 1 aliphatic rings. The average Bonchev–Trinajstić information content (AvgIpc) is 3.35. The number of amides is 2. The lowest BCUT2D eigenvalue weighted by molar-refractivity contribution is -0.136. The molecule has 2 atom stereocenters. The highest BCUT2D eigenvalue weighted by Gasteiger charge is 2.33. The van der Waals surface area contributed by atoms with E-state index in [1.165, 1.54) is 0 Å². The zero-order valence-corrected chi connectivity index (χ0v) is 20.6. The van der Waals surface area contributed by atoms with Crippen LogP contribution in [0.1, 0.15) is 24.0 Å². The van der Waals surface area contributed by atoms with E-state index in [4.69, 9.17) is 15.6 Å². The number of carboxylic acid groups (broad SMARTS) is 1. The van der Waals surface area contributed by atoms with E-state index in [1.807, 2.05) is 24.3 Å². The summed E-state index contributed by atoms with van der Waals surface area (Å²) in [6, 6.07) is 13.6. The third-order valence-corrected chi connectivity index (χ3v) is 6.57. The SMILES string of the molecule is COc1ccc(C[C@@H](NCC(=O)O)C(=O)NC(=O)[C@@H]2CCCN2Cc2ccc3c(N)nccc3c2)cc1. The molecule has 5 N–H and O–H groups in total. The van der Waals surface area contributed by atoms with Crippen LogP contribution in [0.3, 0.4) is 0 Å². The van der Waals surface area contributed by atoms with E-state index in [1.54, 1.807) is 37.6 Å². The summed E-state index contributed by atoms with van der Waals surface area (Å²) >= 11 is 0. The highest BCUT2D eigenvalue weighted by atomic mass is 16.5. The molecule has 10 nitrogen and oxygen atoms in total. The number of nitrogens with one attached hydrogen (secondary N) is 2. The zero-order valence-electron chi connectivity index (χ0n) is 20.6. The van der Waals surface area contributed by atoms with Gasteiger partial charge in [-0.2, -0.15) is 0 Å². The van der Waals surface area contributed by atoms with Crippen LogP contribution in [0.4, 0.5) is 5.82 Å². The quantitative estimate of drug-likeness (QED) is 0.323. The van der Waals surface area contributed by atoms with Crippen molar-refractivity contribution in [1.29, 1.82) is 0 Å². The van der Waals surface area contributed by atoms with E-state index in [0.717, 1.165) is 34.9 Å². The predicted octanol–water partition coefficient (Wildman–Crippen LogP) is 1.72. The zero-order chi connectivity index (χ0) is 26.4. The fraction of sp³-hybridized carbons (Fsp3) is 0.333. The maximum atomic E-state index is 13.1.